The number of nitrogens with two attached hydrogens (primary N) is 1. The first-order chi connectivity index (χ1) is 8.85. The minimum Gasteiger partial charge on any atom is -0.370 e. The van der Waals surface area contributed by atoms with Crippen LogP contribution >= 0.6 is 0 Å². The van der Waals surface area contributed by atoms with Gasteiger partial charge in [0.1, 0.15) is 0 Å². The van der Waals surface area contributed by atoms with Crippen molar-refractivity contribution in [2.24, 2.45) is 17.1 Å². The smallest absolute Gasteiger partial charge is 0.233 e. The normalized spacial score (nSPS) is 22.4. The third kappa shape index (κ3) is 3.22. The van der Waals surface area contributed by atoms with Crippen molar-refractivity contribution < 1.29 is 14.4 Å². The number of hydrogen-bond acceptors (Lipinski definition) is 3. The lowest BCUT2D eigenvalue weighted by Gasteiger charge is -2.30. The number of likely N-dealkylation sites (tertiary alicyclic amines) is 1. The minimum absolute atomic E-state index is 0.0166. The van der Waals surface area contributed by atoms with Crippen LogP contribution in [0.5, 0.6) is 0 Å². The lowest BCUT2D eigenvalue weighted by molar-refractivity contribution is -0.140. The molecule has 0 aromatic carbocycles. The Kier molecular flexibility index (Phi) is 4.86. The molecule has 3 amide bonds. The molecule has 5 heteroatoms. The topological polar surface area (TPSA) is 80.5 Å². The van der Waals surface area contributed by atoms with E-state index in [0.29, 0.717) is 0 Å². The average molecular weight is 266 g/mol. The van der Waals surface area contributed by atoms with Crippen molar-refractivity contribution in [1.29, 1.82) is 0 Å². The van der Waals surface area contributed by atoms with Crippen LogP contribution in [0.15, 0.2) is 12.7 Å². The quantitative estimate of drug-likeness (QED) is 0.556. The summed E-state index contributed by atoms with van der Waals surface area (Å²) in [6.07, 6.45) is 3.71. The maximum absolute atomic E-state index is 12.3. The monoisotopic (exact) mass is 266 g/mol. The SMILES string of the molecule is C=CC(C)(CCC)C1CC(=O)N(CCC(N)=O)C1=O. The molecule has 1 rings (SSSR count). The molecular formula is C14H22N2O3. The fraction of sp³-hybridized carbons (Fsp3) is 0.643. The fourth-order valence-electron chi connectivity index (χ4n) is 2.61. The molecule has 19 heavy (non-hydrogen) atoms. The van der Waals surface area contributed by atoms with Gasteiger partial charge in [0.05, 0.1) is 5.92 Å². The number of hydrogen-bond donors (Lipinski definition) is 1. The number of allylic oxidation sites excluding steroid dienone is 1. The summed E-state index contributed by atoms with van der Waals surface area (Å²) in [5.74, 6) is -1.31. The second-order valence-corrected chi connectivity index (χ2v) is 5.32. The summed E-state index contributed by atoms with van der Waals surface area (Å²) in [6, 6.07) is 0. The zero-order valence-electron chi connectivity index (χ0n) is 11.6. The number of amides is 3. The van der Waals surface area contributed by atoms with Gasteiger partial charge < -0.3 is 5.73 Å². The number of carbonyl (C=O) groups excluding carboxylic acids is 3. The summed E-state index contributed by atoms with van der Waals surface area (Å²) < 4.78 is 0. The summed E-state index contributed by atoms with van der Waals surface area (Å²) >= 11 is 0. The number of nitrogens with zero attached hydrogens (tertiary/aromatic N) is 1. The van der Waals surface area contributed by atoms with Gasteiger partial charge in [0.15, 0.2) is 0 Å². The zero-order chi connectivity index (χ0) is 14.6. The maximum Gasteiger partial charge on any atom is 0.233 e. The Balaban J connectivity index is 2.84. The molecule has 1 fully saturated rings. The molecule has 2 N–H and O–H groups in total. The van der Waals surface area contributed by atoms with Crippen molar-refractivity contribution in [3.8, 4) is 0 Å². The lowest BCUT2D eigenvalue weighted by atomic mass is 9.73. The molecule has 106 valence electrons. The van der Waals surface area contributed by atoms with Gasteiger partial charge in [-0.25, -0.2) is 0 Å². The van der Waals surface area contributed by atoms with E-state index in [1.807, 2.05) is 13.8 Å². The Morgan fingerprint density at radius 1 is 1.58 bits per heavy atom. The fourth-order valence-corrected chi connectivity index (χ4v) is 2.61. The highest BCUT2D eigenvalue weighted by Gasteiger charge is 2.46. The molecule has 1 saturated heterocycles. The summed E-state index contributed by atoms with van der Waals surface area (Å²) in [5.41, 5.74) is 4.68. The molecule has 2 atom stereocenters. The van der Waals surface area contributed by atoms with Crippen LogP contribution in [-0.2, 0) is 14.4 Å². The molecule has 0 spiro atoms. The molecule has 0 saturated carbocycles. The first kappa shape index (κ1) is 15.4. The lowest BCUT2D eigenvalue weighted by Crippen LogP contribution is -2.37. The van der Waals surface area contributed by atoms with E-state index >= 15 is 0 Å². The molecule has 0 aromatic heterocycles. The Bertz CT molecular complexity index is 405. The Morgan fingerprint density at radius 3 is 2.68 bits per heavy atom. The molecule has 0 radical (unpaired) electrons. The number of rotatable bonds is 7. The second-order valence-electron chi connectivity index (χ2n) is 5.32. The zero-order valence-corrected chi connectivity index (χ0v) is 11.6. The van der Waals surface area contributed by atoms with Gasteiger partial charge in [0.25, 0.3) is 0 Å². The highest BCUT2D eigenvalue weighted by Crippen LogP contribution is 2.40. The third-order valence-electron chi connectivity index (χ3n) is 3.88. The van der Waals surface area contributed by atoms with Gasteiger partial charge in [-0.05, 0) is 11.8 Å². The Hall–Kier alpha value is -1.65. The third-order valence-corrected chi connectivity index (χ3v) is 3.88. The van der Waals surface area contributed by atoms with E-state index in [4.69, 9.17) is 5.73 Å². The van der Waals surface area contributed by atoms with Crippen molar-refractivity contribution in [3.05, 3.63) is 12.7 Å². The van der Waals surface area contributed by atoms with Crippen LogP contribution in [0.25, 0.3) is 0 Å². The van der Waals surface area contributed by atoms with E-state index in [2.05, 4.69) is 6.58 Å². The van der Waals surface area contributed by atoms with Gasteiger partial charge in [-0.3, -0.25) is 19.3 Å². The van der Waals surface area contributed by atoms with E-state index in [0.717, 1.165) is 17.7 Å². The van der Waals surface area contributed by atoms with E-state index in [1.54, 1.807) is 6.08 Å². The van der Waals surface area contributed by atoms with Gasteiger partial charge in [-0.2, -0.15) is 0 Å². The second kappa shape index (κ2) is 5.99. The van der Waals surface area contributed by atoms with Gasteiger partial charge in [-0.15, -0.1) is 6.58 Å². The summed E-state index contributed by atoms with van der Waals surface area (Å²) in [6.45, 7) is 7.88. The first-order valence-electron chi connectivity index (χ1n) is 6.61. The van der Waals surface area contributed by atoms with Crippen LogP contribution in [0.1, 0.15) is 39.5 Å². The van der Waals surface area contributed by atoms with E-state index in [9.17, 15) is 14.4 Å². The molecule has 2 unspecified atom stereocenters. The number of carbonyl (C=O) groups is 3. The minimum atomic E-state index is -0.510. The number of primary amides is 1. The molecule has 1 aliphatic heterocycles. The summed E-state index contributed by atoms with van der Waals surface area (Å²) in [7, 11) is 0. The average Bonchev–Trinajstić information content (AvgIpc) is 2.63. The molecule has 1 heterocycles. The molecular weight excluding hydrogens is 244 g/mol. The Labute approximate surface area is 113 Å². The van der Waals surface area contributed by atoms with Crippen molar-refractivity contribution in [3.63, 3.8) is 0 Å². The van der Waals surface area contributed by atoms with Crippen LogP contribution in [0, 0.1) is 11.3 Å². The highest BCUT2D eigenvalue weighted by atomic mass is 16.2. The van der Waals surface area contributed by atoms with E-state index in [-0.39, 0.29) is 42.5 Å². The van der Waals surface area contributed by atoms with Crippen LogP contribution in [-0.4, -0.2) is 29.2 Å². The molecule has 1 aliphatic rings. The summed E-state index contributed by atoms with van der Waals surface area (Å²) in [4.78, 5) is 36.1. The van der Waals surface area contributed by atoms with Gasteiger partial charge in [0, 0.05) is 19.4 Å². The van der Waals surface area contributed by atoms with Crippen LogP contribution in [0.2, 0.25) is 0 Å². The predicted molar refractivity (Wildman–Crippen MR) is 71.9 cm³/mol. The van der Waals surface area contributed by atoms with Crippen LogP contribution in [0.3, 0.4) is 0 Å². The van der Waals surface area contributed by atoms with Gasteiger partial charge in [-0.1, -0.05) is 26.3 Å². The van der Waals surface area contributed by atoms with Crippen molar-refractivity contribution in [2.45, 2.75) is 39.5 Å². The predicted octanol–water partition coefficient (Wildman–Crippen LogP) is 1.23. The largest absolute Gasteiger partial charge is 0.370 e. The van der Waals surface area contributed by atoms with Crippen LogP contribution in [0.4, 0.5) is 0 Å². The van der Waals surface area contributed by atoms with Gasteiger partial charge in [0.2, 0.25) is 17.7 Å². The number of imide groups is 1. The van der Waals surface area contributed by atoms with E-state index in [1.165, 1.54) is 0 Å². The highest BCUT2D eigenvalue weighted by molar-refractivity contribution is 6.04. The van der Waals surface area contributed by atoms with Crippen molar-refractivity contribution in [2.75, 3.05) is 6.54 Å². The molecule has 0 aliphatic carbocycles. The van der Waals surface area contributed by atoms with Gasteiger partial charge >= 0.3 is 0 Å². The van der Waals surface area contributed by atoms with Crippen LogP contribution < -0.4 is 5.73 Å². The Morgan fingerprint density at radius 2 is 2.21 bits per heavy atom. The standard InChI is InChI=1S/C14H22N2O3/c1-4-7-14(3,5-2)10-9-12(18)16(13(10)19)8-6-11(15)17/h5,10H,2,4,6-9H2,1,3H3,(H2,15,17). The van der Waals surface area contributed by atoms with E-state index < -0.39 is 5.91 Å². The molecule has 0 bridgehead atoms. The van der Waals surface area contributed by atoms with Crippen molar-refractivity contribution >= 4 is 17.7 Å². The molecule has 5 nitrogen and oxygen atoms in total. The molecule has 0 aromatic rings. The first-order valence-corrected chi connectivity index (χ1v) is 6.61. The summed E-state index contributed by atoms with van der Waals surface area (Å²) in [5, 5.41) is 0. The maximum atomic E-state index is 12.3. The van der Waals surface area contributed by atoms with Crippen molar-refractivity contribution in [1.82, 2.24) is 4.90 Å².